The van der Waals surface area contributed by atoms with Crippen LogP contribution in [0.3, 0.4) is 0 Å². The van der Waals surface area contributed by atoms with Crippen LogP contribution in [0.5, 0.6) is 0 Å². The second-order valence-electron chi connectivity index (χ2n) is 2.10. The van der Waals surface area contributed by atoms with E-state index in [1.54, 1.807) is 0 Å². The van der Waals surface area contributed by atoms with Crippen molar-refractivity contribution in [3.05, 3.63) is 0 Å². The van der Waals surface area contributed by atoms with Crippen molar-refractivity contribution in [2.45, 2.75) is 18.6 Å². The monoisotopic (exact) mass is 163 g/mol. The fraction of sp³-hybridized carbons (Fsp3) is 0.833. The molecular weight excluding hydrogens is 150 g/mol. The van der Waals surface area contributed by atoms with E-state index in [0.29, 0.717) is 11.0 Å². The maximum absolute atomic E-state index is 10.2. The molecule has 0 bridgehead atoms. The van der Waals surface area contributed by atoms with Crippen molar-refractivity contribution in [2.75, 3.05) is 12.4 Å². The molecule has 0 aromatic carbocycles. The first-order valence-electron chi connectivity index (χ1n) is 3.17. The molecule has 0 aromatic heterocycles. The van der Waals surface area contributed by atoms with E-state index >= 15 is 0 Å². The molecule has 0 radical (unpaired) electrons. The largest absolute Gasteiger partial charge is 0.396 e. The van der Waals surface area contributed by atoms with Crippen LogP contribution >= 0.6 is 11.8 Å². The smallest absolute Gasteiger partial charge is 0.227 e. The highest BCUT2D eigenvalue weighted by Crippen LogP contribution is 2.11. The van der Waals surface area contributed by atoms with Crippen molar-refractivity contribution in [3.8, 4) is 0 Å². The van der Waals surface area contributed by atoms with E-state index in [2.05, 4.69) is 0 Å². The normalized spacial score (nSPS) is 13.0. The van der Waals surface area contributed by atoms with Crippen LogP contribution in [-0.4, -0.2) is 28.6 Å². The van der Waals surface area contributed by atoms with E-state index < -0.39 is 0 Å². The van der Waals surface area contributed by atoms with Gasteiger partial charge in [-0.25, -0.2) is 0 Å². The molecule has 3 N–H and O–H groups in total. The zero-order valence-electron chi connectivity index (χ0n) is 6.04. The van der Waals surface area contributed by atoms with Crippen LogP contribution in [0.1, 0.15) is 13.3 Å². The molecule has 0 heterocycles. The van der Waals surface area contributed by atoms with Crippen molar-refractivity contribution in [1.29, 1.82) is 0 Å². The van der Waals surface area contributed by atoms with Gasteiger partial charge in [0.15, 0.2) is 0 Å². The fourth-order valence-electron chi connectivity index (χ4n) is 0.490. The van der Waals surface area contributed by atoms with E-state index in [9.17, 15) is 4.79 Å². The Morgan fingerprint density at radius 1 is 1.80 bits per heavy atom. The molecule has 1 atom stereocenters. The Balaban J connectivity index is 3.21. The molecule has 4 heteroatoms. The number of rotatable bonds is 5. The van der Waals surface area contributed by atoms with Crippen molar-refractivity contribution in [2.24, 2.45) is 5.73 Å². The Morgan fingerprint density at radius 3 is 2.80 bits per heavy atom. The third-order valence-corrected chi connectivity index (χ3v) is 2.30. The number of nitrogens with two attached hydrogens (primary N) is 1. The van der Waals surface area contributed by atoms with Gasteiger partial charge < -0.3 is 10.8 Å². The van der Waals surface area contributed by atoms with Gasteiger partial charge in [-0.1, -0.05) is 6.92 Å². The molecule has 1 amide bonds. The average Bonchev–Trinajstić information content (AvgIpc) is 1.85. The minimum absolute atomic E-state index is 0.174. The summed E-state index contributed by atoms with van der Waals surface area (Å²) in [5, 5.41) is 8.79. The predicted octanol–water partition coefficient (Wildman–Crippen LogP) is -0.0242. The first-order chi connectivity index (χ1) is 4.66. The summed E-state index contributed by atoms with van der Waals surface area (Å²) in [6.07, 6.45) is 0.720. The molecule has 10 heavy (non-hydrogen) atoms. The highest BCUT2D eigenvalue weighted by molar-refractivity contribution is 8.00. The summed E-state index contributed by atoms with van der Waals surface area (Å²) in [6.45, 7) is 2.14. The Morgan fingerprint density at radius 2 is 2.40 bits per heavy atom. The lowest BCUT2D eigenvalue weighted by Gasteiger charge is -2.06. The van der Waals surface area contributed by atoms with Crippen molar-refractivity contribution < 1.29 is 9.90 Å². The van der Waals surface area contributed by atoms with Crippen LogP contribution in [0.25, 0.3) is 0 Å². The highest BCUT2D eigenvalue weighted by Gasteiger charge is 2.02. The summed E-state index contributed by atoms with van der Waals surface area (Å²) in [6, 6.07) is 0. The third kappa shape index (κ3) is 5.91. The Labute approximate surface area is 65.0 Å². The average molecular weight is 163 g/mol. The van der Waals surface area contributed by atoms with Gasteiger partial charge in [-0.15, -0.1) is 11.8 Å². The molecule has 0 rings (SSSR count). The van der Waals surface area contributed by atoms with Gasteiger partial charge in [0.05, 0.1) is 5.75 Å². The number of primary amides is 1. The number of aliphatic hydroxyl groups excluding tert-OH is 1. The van der Waals surface area contributed by atoms with Crippen LogP contribution in [0.2, 0.25) is 0 Å². The van der Waals surface area contributed by atoms with Gasteiger partial charge in [-0.05, 0) is 6.42 Å². The quantitative estimate of drug-likeness (QED) is 0.598. The summed E-state index contributed by atoms with van der Waals surface area (Å²) in [4.78, 5) is 10.2. The molecule has 0 saturated heterocycles. The van der Waals surface area contributed by atoms with Crippen LogP contribution in [0.4, 0.5) is 0 Å². The van der Waals surface area contributed by atoms with Crippen molar-refractivity contribution >= 4 is 17.7 Å². The van der Waals surface area contributed by atoms with Crippen molar-refractivity contribution in [1.82, 2.24) is 0 Å². The maximum atomic E-state index is 10.2. The number of amides is 1. The van der Waals surface area contributed by atoms with Crippen molar-refractivity contribution in [3.63, 3.8) is 0 Å². The third-order valence-electron chi connectivity index (χ3n) is 1.05. The van der Waals surface area contributed by atoms with Crippen LogP contribution in [-0.2, 0) is 4.79 Å². The highest BCUT2D eigenvalue weighted by atomic mass is 32.2. The van der Waals surface area contributed by atoms with Gasteiger partial charge >= 0.3 is 0 Å². The molecule has 60 valence electrons. The predicted molar refractivity (Wildman–Crippen MR) is 42.8 cm³/mol. The van der Waals surface area contributed by atoms with E-state index in [1.165, 1.54) is 11.8 Å². The van der Waals surface area contributed by atoms with Crippen LogP contribution in [0.15, 0.2) is 0 Å². The van der Waals surface area contributed by atoms with E-state index in [0.717, 1.165) is 6.42 Å². The zero-order chi connectivity index (χ0) is 7.98. The van der Waals surface area contributed by atoms with Gasteiger partial charge in [0.25, 0.3) is 0 Å². The summed E-state index contributed by atoms with van der Waals surface area (Å²) >= 11 is 1.47. The number of carbonyl (C=O) groups excluding carboxylic acids is 1. The van der Waals surface area contributed by atoms with Gasteiger partial charge in [0, 0.05) is 11.9 Å². The fourth-order valence-corrected chi connectivity index (χ4v) is 1.21. The maximum Gasteiger partial charge on any atom is 0.227 e. The van der Waals surface area contributed by atoms with Gasteiger partial charge in [-0.2, -0.15) is 0 Å². The van der Waals surface area contributed by atoms with Gasteiger partial charge in [0.1, 0.15) is 0 Å². The summed E-state index contributed by atoms with van der Waals surface area (Å²) in [5.41, 5.74) is 4.91. The molecular formula is C6H13NO2S. The van der Waals surface area contributed by atoms with Crippen LogP contribution < -0.4 is 5.73 Å². The van der Waals surface area contributed by atoms with Gasteiger partial charge in [0.2, 0.25) is 5.91 Å². The van der Waals surface area contributed by atoms with E-state index in [1.807, 2.05) is 6.92 Å². The lowest BCUT2D eigenvalue weighted by atomic mass is 10.3. The zero-order valence-corrected chi connectivity index (χ0v) is 6.86. The molecule has 0 aliphatic heterocycles. The topological polar surface area (TPSA) is 63.3 Å². The van der Waals surface area contributed by atoms with Crippen LogP contribution in [0, 0.1) is 0 Å². The lowest BCUT2D eigenvalue weighted by Crippen LogP contribution is -2.15. The Hall–Kier alpha value is -0.220. The Bertz CT molecular complexity index is 108. The number of carbonyl (C=O) groups is 1. The second kappa shape index (κ2) is 5.56. The first-order valence-corrected chi connectivity index (χ1v) is 4.22. The number of hydrogen-bond acceptors (Lipinski definition) is 3. The molecule has 0 saturated carbocycles. The van der Waals surface area contributed by atoms with E-state index in [-0.39, 0.29) is 12.5 Å². The van der Waals surface area contributed by atoms with E-state index in [4.69, 9.17) is 10.8 Å². The first kappa shape index (κ1) is 9.78. The standard InChI is InChI=1S/C6H13NO2S/c1-5(2-3-8)10-4-6(7)9/h5,8H,2-4H2,1H3,(H2,7,9). The summed E-state index contributed by atoms with van der Waals surface area (Å²) in [5.74, 6) is 0.0519. The molecule has 0 aliphatic carbocycles. The molecule has 3 nitrogen and oxygen atoms in total. The number of hydrogen-bond donors (Lipinski definition) is 2. The Kier molecular flexibility index (Phi) is 5.43. The lowest BCUT2D eigenvalue weighted by molar-refractivity contribution is -0.115. The number of aliphatic hydroxyl groups is 1. The minimum atomic E-state index is -0.296. The molecule has 0 spiro atoms. The van der Waals surface area contributed by atoms with Gasteiger partial charge in [-0.3, -0.25) is 4.79 Å². The molecule has 0 fully saturated rings. The minimum Gasteiger partial charge on any atom is -0.396 e. The molecule has 0 aromatic rings. The summed E-state index contributed by atoms with van der Waals surface area (Å²) in [7, 11) is 0. The summed E-state index contributed by atoms with van der Waals surface area (Å²) < 4.78 is 0. The molecule has 1 unspecified atom stereocenters. The number of thioether (sulfide) groups is 1. The SMILES string of the molecule is CC(CCO)SCC(N)=O. The second-order valence-corrected chi connectivity index (χ2v) is 3.53. The molecule has 0 aliphatic rings.